The van der Waals surface area contributed by atoms with Crippen LogP contribution in [0.15, 0.2) is 23.2 Å². The van der Waals surface area contributed by atoms with Gasteiger partial charge < -0.3 is 4.98 Å². The molecule has 0 bridgehead atoms. The first kappa shape index (κ1) is 9.16. The fraction of sp³-hybridized carbons (Fsp3) is 0.167. The largest absolute Gasteiger partial charge is 0.380 e. The average Bonchev–Trinajstić information content (AvgIpc) is 1.90. The van der Waals surface area contributed by atoms with Gasteiger partial charge in [0.25, 0.3) is 0 Å². The van der Waals surface area contributed by atoms with Crippen LogP contribution in [0.25, 0.3) is 0 Å². The van der Waals surface area contributed by atoms with Crippen molar-refractivity contribution in [2.45, 2.75) is 5.03 Å². The van der Waals surface area contributed by atoms with Crippen molar-refractivity contribution in [3.63, 3.8) is 0 Å². The molecule has 0 aromatic carbocycles. The molecule has 1 nitrogen and oxygen atoms in total. The van der Waals surface area contributed by atoms with Crippen LogP contribution >= 0.6 is 11.8 Å². The van der Waals surface area contributed by atoms with Crippen LogP contribution in [-0.2, 0) is 20.4 Å². The summed E-state index contributed by atoms with van der Waals surface area (Å²) >= 11 is 1.63. The SMILES string of the molecule is CSc1ccc[c-]n1.[Re]. The molecule has 0 fully saturated rings. The predicted molar refractivity (Wildman–Crippen MR) is 34.9 cm³/mol. The molecule has 0 aliphatic carbocycles. The maximum absolute atomic E-state index is 3.94. The second-order valence-corrected chi connectivity index (χ2v) is 2.14. The van der Waals surface area contributed by atoms with Gasteiger partial charge in [-0.3, -0.25) is 0 Å². The van der Waals surface area contributed by atoms with Crippen LogP contribution in [0.1, 0.15) is 0 Å². The average molecular weight is 310 g/mol. The Labute approximate surface area is 72.9 Å². The molecule has 0 N–H and O–H groups in total. The molecule has 1 rings (SSSR count). The van der Waals surface area contributed by atoms with E-state index < -0.39 is 0 Å². The first-order valence-corrected chi connectivity index (χ1v) is 3.53. The topological polar surface area (TPSA) is 12.9 Å². The van der Waals surface area contributed by atoms with E-state index in [9.17, 15) is 0 Å². The zero-order chi connectivity index (χ0) is 5.82. The van der Waals surface area contributed by atoms with Gasteiger partial charge in [0, 0.05) is 20.4 Å². The Balaban J connectivity index is 0.000000640. The Kier molecular flexibility index (Phi) is 5.08. The molecule has 0 aliphatic rings. The van der Waals surface area contributed by atoms with Crippen LogP contribution in [-0.4, -0.2) is 11.2 Å². The van der Waals surface area contributed by atoms with Gasteiger partial charge in [-0.1, -0.05) is 6.20 Å². The van der Waals surface area contributed by atoms with E-state index in [1.54, 1.807) is 17.8 Å². The molecule has 0 atom stereocenters. The monoisotopic (exact) mass is 311 g/mol. The van der Waals surface area contributed by atoms with Gasteiger partial charge in [0.2, 0.25) is 0 Å². The summed E-state index contributed by atoms with van der Waals surface area (Å²) in [5.74, 6) is 0. The van der Waals surface area contributed by atoms with Gasteiger partial charge in [-0.2, -0.15) is 23.9 Å². The van der Waals surface area contributed by atoms with Crippen molar-refractivity contribution < 1.29 is 20.4 Å². The molecule has 1 heterocycles. The normalized spacial score (nSPS) is 8.11. The van der Waals surface area contributed by atoms with E-state index in [-0.39, 0.29) is 20.4 Å². The number of thioether (sulfide) groups is 1. The van der Waals surface area contributed by atoms with Crippen LogP contribution in [0, 0.1) is 6.20 Å². The second kappa shape index (κ2) is 4.99. The zero-order valence-electron chi connectivity index (χ0n) is 4.97. The van der Waals surface area contributed by atoms with Crippen molar-refractivity contribution in [1.29, 1.82) is 0 Å². The Hall–Kier alpha value is 0.162. The molecule has 1 aromatic rings. The minimum atomic E-state index is 0. The fourth-order valence-electron chi connectivity index (χ4n) is 0.425. The Morgan fingerprint density at radius 2 is 2.44 bits per heavy atom. The molecular weight excluding hydrogens is 304 g/mol. The van der Waals surface area contributed by atoms with Crippen molar-refractivity contribution in [3.8, 4) is 0 Å². The molecule has 1 aromatic heterocycles. The zero-order valence-corrected chi connectivity index (χ0v) is 8.50. The number of rotatable bonds is 1. The van der Waals surface area contributed by atoms with E-state index in [2.05, 4.69) is 11.2 Å². The molecule has 9 heavy (non-hydrogen) atoms. The van der Waals surface area contributed by atoms with Gasteiger partial charge in [0.05, 0.1) is 0 Å². The van der Waals surface area contributed by atoms with Crippen LogP contribution < -0.4 is 0 Å². The van der Waals surface area contributed by atoms with Crippen molar-refractivity contribution in [2.75, 3.05) is 6.26 Å². The summed E-state index contributed by atoms with van der Waals surface area (Å²) in [5, 5.41) is 1.02. The summed E-state index contributed by atoms with van der Waals surface area (Å²) < 4.78 is 0. The third kappa shape index (κ3) is 3.00. The van der Waals surface area contributed by atoms with Crippen molar-refractivity contribution in [3.05, 3.63) is 24.4 Å². The van der Waals surface area contributed by atoms with E-state index in [0.29, 0.717) is 0 Å². The van der Waals surface area contributed by atoms with Crippen LogP contribution in [0.5, 0.6) is 0 Å². The number of pyridine rings is 1. The van der Waals surface area contributed by atoms with E-state index in [4.69, 9.17) is 0 Å². The van der Waals surface area contributed by atoms with Gasteiger partial charge in [0.1, 0.15) is 0 Å². The Bertz CT molecular complexity index is 154. The van der Waals surface area contributed by atoms with E-state index in [1.165, 1.54) is 0 Å². The summed E-state index contributed by atoms with van der Waals surface area (Å²) in [5.41, 5.74) is 0. The number of hydrogen-bond acceptors (Lipinski definition) is 2. The summed E-state index contributed by atoms with van der Waals surface area (Å²) in [7, 11) is 0. The smallest absolute Gasteiger partial charge is 0 e. The minimum Gasteiger partial charge on any atom is -0.380 e. The molecule has 0 saturated heterocycles. The summed E-state index contributed by atoms with van der Waals surface area (Å²) in [4.78, 5) is 3.94. The number of nitrogens with zero attached hydrogens (tertiary/aromatic N) is 1. The van der Waals surface area contributed by atoms with E-state index in [0.717, 1.165) is 5.03 Å². The van der Waals surface area contributed by atoms with Crippen LogP contribution in [0.4, 0.5) is 0 Å². The van der Waals surface area contributed by atoms with Gasteiger partial charge in [-0.15, -0.1) is 6.07 Å². The van der Waals surface area contributed by atoms with Crippen molar-refractivity contribution in [1.82, 2.24) is 4.98 Å². The molecule has 0 spiro atoms. The molecule has 0 amide bonds. The molecule has 0 unspecified atom stereocenters. The molecule has 49 valence electrons. The van der Waals surface area contributed by atoms with Crippen molar-refractivity contribution >= 4 is 11.8 Å². The van der Waals surface area contributed by atoms with Crippen LogP contribution in [0.3, 0.4) is 0 Å². The van der Waals surface area contributed by atoms with Crippen LogP contribution in [0.2, 0.25) is 0 Å². The van der Waals surface area contributed by atoms with Gasteiger partial charge in [0.15, 0.2) is 0 Å². The predicted octanol–water partition coefficient (Wildman–Crippen LogP) is 1.60. The molecule has 1 radical (unpaired) electrons. The minimum absolute atomic E-state index is 0. The first-order chi connectivity index (χ1) is 3.93. The maximum Gasteiger partial charge on any atom is 0 e. The first-order valence-electron chi connectivity index (χ1n) is 2.30. The standard InChI is InChI=1S/C6H6NS.Re/c1-8-6-4-2-3-5-7-6;/h2-4H,1H3;/q-1;. The summed E-state index contributed by atoms with van der Waals surface area (Å²) in [6.07, 6.45) is 4.74. The Morgan fingerprint density at radius 3 is 2.78 bits per heavy atom. The third-order valence-electron chi connectivity index (χ3n) is 0.793. The number of aromatic nitrogens is 1. The quantitative estimate of drug-likeness (QED) is 0.577. The van der Waals surface area contributed by atoms with Gasteiger partial charge in [-0.25, -0.2) is 0 Å². The van der Waals surface area contributed by atoms with Gasteiger partial charge in [-0.05, 0) is 11.3 Å². The molecular formula is C6H6NReS-. The van der Waals surface area contributed by atoms with Gasteiger partial charge >= 0.3 is 0 Å². The van der Waals surface area contributed by atoms with E-state index >= 15 is 0 Å². The molecule has 0 aliphatic heterocycles. The summed E-state index contributed by atoms with van der Waals surface area (Å²) in [6.45, 7) is 0. The third-order valence-corrected chi connectivity index (χ3v) is 1.44. The van der Waals surface area contributed by atoms with Crippen molar-refractivity contribution in [2.24, 2.45) is 0 Å². The molecule has 0 saturated carbocycles. The second-order valence-electron chi connectivity index (χ2n) is 1.31. The maximum atomic E-state index is 3.94. The molecule has 3 heteroatoms. The number of hydrogen-bond donors (Lipinski definition) is 0. The Morgan fingerprint density at radius 1 is 1.67 bits per heavy atom. The summed E-state index contributed by atoms with van der Waals surface area (Å²) in [6, 6.07) is 5.68. The van der Waals surface area contributed by atoms with E-state index in [1.807, 2.05) is 18.4 Å². The fourth-order valence-corrected chi connectivity index (χ4v) is 0.784.